The minimum atomic E-state index is -0.781. The van der Waals surface area contributed by atoms with Gasteiger partial charge in [-0.05, 0) is 76.9 Å². The lowest BCUT2D eigenvalue weighted by Gasteiger charge is -2.37. The molecule has 0 saturated carbocycles. The van der Waals surface area contributed by atoms with E-state index in [9.17, 15) is 9.59 Å². The molecule has 0 bridgehead atoms. The molecule has 8 nitrogen and oxygen atoms in total. The molecular formula is C27H38N2O6S. The second kappa shape index (κ2) is 10.5. The molecule has 3 aliphatic rings. The molecule has 1 aliphatic carbocycles. The first-order valence-corrected chi connectivity index (χ1v) is 13.9. The average molecular weight is 519 g/mol. The third-order valence-corrected chi connectivity index (χ3v) is 7.63. The lowest BCUT2D eigenvalue weighted by atomic mass is 9.69. The molecule has 0 aromatic heterocycles. The van der Waals surface area contributed by atoms with Crippen LogP contribution in [-0.2, 0) is 26.2 Å². The molecule has 2 heterocycles. The maximum absolute atomic E-state index is 13.1. The van der Waals surface area contributed by atoms with Crippen LogP contribution in [0.25, 0.3) is 0 Å². The number of nitrogens with one attached hydrogen (secondary N) is 1. The molecule has 0 fully saturated rings. The minimum absolute atomic E-state index is 0.166. The lowest BCUT2D eigenvalue weighted by Crippen LogP contribution is -2.47. The van der Waals surface area contributed by atoms with Gasteiger partial charge in [-0.15, -0.1) is 0 Å². The number of nitrogens with zero attached hydrogens (tertiary/aromatic N) is 1. The van der Waals surface area contributed by atoms with Crippen LogP contribution in [0.4, 0.5) is 4.79 Å². The Morgan fingerprint density at radius 2 is 2.11 bits per heavy atom. The van der Waals surface area contributed by atoms with Crippen molar-refractivity contribution in [2.45, 2.75) is 75.8 Å². The number of benzene rings is 1. The van der Waals surface area contributed by atoms with E-state index in [0.717, 1.165) is 31.0 Å². The summed E-state index contributed by atoms with van der Waals surface area (Å²) in [6, 6.07) is 3.32. The van der Waals surface area contributed by atoms with E-state index >= 15 is 0 Å². The third-order valence-electron chi connectivity index (χ3n) is 6.98. The van der Waals surface area contributed by atoms with Gasteiger partial charge in [-0.25, -0.2) is 9.59 Å². The SMILES string of the molecule is COc1ccc2c3c1O[C@H]1C[C@H](OC(=O)[C@H](CCSC)NC(=O)OC(C)(C)C)C=CC31CCN(C)C2. The number of amides is 1. The van der Waals surface area contributed by atoms with Gasteiger partial charge in [-0.2, -0.15) is 11.8 Å². The van der Waals surface area contributed by atoms with E-state index in [4.69, 9.17) is 18.9 Å². The highest BCUT2D eigenvalue weighted by atomic mass is 32.2. The van der Waals surface area contributed by atoms with Gasteiger partial charge in [0.25, 0.3) is 0 Å². The summed E-state index contributed by atoms with van der Waals surface area (Å²) in [7, 11) is 3.79. The fourth-order valence-corrected chi connectivity index (χ4v) is 5.79. The first kappa shape index (κ1) is 26.7. The van der Waals surface area contributed by atoms with Crippen molar-refractivity contribution in [3.8, 4) is 11.5 Å². The van der Waals surface area contributed by atoms with Gasteiger partial charge in [0.2, 0.25) is 0 Å². The van der Waals surface area contributed by atoms with Gasteiger partial charge in [-0.1, -0.05) is 12.1 Å². The van der Waals surface area contributed by atoms with E-state index < -0.39 is 29.8 Å². The molecule has 0 radical (unpaired) electrons. The minimum Gasteiger partial charge on any atom is -0.493 e. The summed E-state index contributed by atoms with van der Waals surface area (Å²) in [5, 5.41) is 2.70. The van der Waals surface area contributed by atoms with Crippen molar-refractivity contribution in [3.63, 3.8) is 0 Å². The van der Waals surface area contributed by atoms with Crippen LogP contribution in [0, 0.1) is 0 Å². The number of hydrogen-bond donors (Lipinski definition) is 1. The highest BCUT2D eigenvalue weighted by Crippen LogP contribution is 2.55. The number of thioether (sulfide) groups is 1. The molecule has 1 aromatic rings. The van der Waals surface area contributed by atoms with Gasteiger partial charge in [0, 0.05) is 18.5 Å². The van der Waals surface area contributed by atoms with Gasteiger partial charge in [0.15, 0.2) is 11.5 Å². The van der Waals surface area contributed by atoms with Crippen LogP contribution in [0.3, 0.4) is 0 Å². The fourth-order valence-electron chi connectivity index (χ4n) is 5.32. The molecule has 36 heavy (non-hydrogen) atoms. The van der Waals surface area contributed by atoms with Gasteiger partial charge in [0.1, 0.15) is 23.9 Å². The smallest absolute Gasteiger partial charge is 0.408 e. The first-order chi connectivity index (χ1) is 17.1. The number of alkyl carbamates (subject to hydrolysis) is 1. The molecule has 4 rings (SSSR count). The standard InChI is InChI=1S/C27H38N2O6S/c1-26(2,3)35-25(31)28-19(10-14-36-6)24(30)33-18-9-11-27-12-13-29(4)16-17-7-8-20(32-5)23(22(17)27)34-21(27)15-18/h7-9,11,18-19,21H,10,12-16H2,1-6H3,(H,28,31)/t18-,19+,21+,27?/m1/s1. The highest BCUT2D eigenvalue weighted by molar-refractivity contribution is 7.98. The maximum atomic E-state index is 13.1. The van der Waals surface area contributed by atoms with Crippen molar-refractivity contribution in [1.29, 1.82) is 0 Å². The number of hydrogen-bond acceptors (Lipinski definition) is 8. The monoisotopic (exact) mass is 518 g/mol. The Hall–Kier alpha value is -2.39. The zero-order chi connectivity index (χ0) is 26.1. The van der Waals surface area contributed by atoms with E-state index in [0.29, 0.717) is 18.6 Å². The van der Waals surface area contributed by atoms with Crippen LogP contribution in [0.15, 0.2) is 24.3 Å². The Morgan fingerprint density at radius 3 is 2.81 bits per heavy atom. The van der Waals surface area contributed by atoms with Crippen molar-refractivity contribution in [1.82, 2.24) is 10.2 Å². The molecule has 1 spiro atoms. The molecule has 0 saturated heterocycles. The molecule has 9 heteroatoms. The Kier molecular flexibility index (Phi) is 7.80. The van der Waals surface area contributed by atoms with E-state index in [2.05, 4.69) is 29.4 Å². The summed E-state index contributed by atoms with van der Waals surface area (Å²) in [5.74, 6) is 1.77. The van der Waals surface area contributed by atoms with E-state index in [1.54, 1.807) is 39.6 Å². The second-order valence-corrected chi connectivity index (χ2v) is 11.8. The molecule has 198 valence electrons. The second-order valence-electron chi connectivity index (χ2n) is 10.8. The maximum Gasteiger partial charge on any atom is 0.408 e. The predicted molar refractivity (Wildman–Crippen MR) is 140 cm³/mol. The van der Waals surface area contributed by atoms with Crippen LogP contribution in [0.1, 0.15) is 51.2 Å². The largest absolute Gasteiger partial charge is 0.493 e. The Bertz CT molecular complexity index is 1020. The van der Waals surface area contributed by atoms with Gasteiger partial charge in [-0.3, -0.25) is 0 Å². The fraction of sp³-hybridized carbons (Fsp3) is 0.630. The Labute approximate surface area is 218 Å². The van der Waals surface area contributed by atoms with E-state index in [1.165, 1.54) is 11.1 Å². The predicted octanol–water partition coefficient (Wildman–Crippen LogP) is 4.05. The normalized spacial score (nSPS) is 25.6. The van der Waals surface area contributed by atoms with Crippen LogP contribution >= 0.6 is 11.8 Å². The highest BCUT2D eigenvalue weighted by Gasteiger charge is 2.53. The number of carbonyl (C=O) groups excluding carboxylic acids is 2. The van der Waals surface area contributed by atoms with Gasteiger partial charge >= 0.3 is 12.1 Å². The number of ether oxygens (including phenoxy) is 4. The quantitative estimate of drug-likeness (QED) is 0.428. The van der Waals surface area contributed by atoms with E-state index in [1.807, 2.05) is 18.4 Å². The van der Waals surface area contributed by atoms with Crippen molar-refractivity contribution in [2.75, 3.05) is 32.7 Å². The Balaban J connectivity index is 1.52. The summed E-state index contributed by atoms with van der Waals surface area (Å²) < 4.78 is 23.4. The Morgan fingerprint density at radius 1 is 1.33 bits per heavy atom. The van der Waals surface area contributed by atoms with E-state index in [-0.39, 0.29) is 11.5 Å². The summed E-state index contributed by atoms with van der Waals surface area (Å²) in [4.78, 5) is 27.8. The van der Waals surface area contributed by atoms with Crippen LogP contribution in [-0.4, -0.2) is 73.5 Å². The van der Waals surface area contributed by atoms with Crippen LogP contribution in [0.5, 0.6) is 11.5 Å². The molecular weight excluding hydrogens is 480 g/mol. The molecule has 2 aliphatic heterocycles. The van der Waals surface area contributed by atoms with Crippen LogP contribution in [0.2, 0.25) is 0 Å². The number of rotatable bonds is 7. The molecule has 1 unspecified atom stereocenters. The zero-order valence-corrected chi connectivity index (χ0v) is 22.9. The average Bonchev–Trinajstić information content (AvgIpc) is 3.06. The molecule has 4 atom stereocenters. The van der Waals surface area contributed by atoms with Crippen molar-refractivity contribution in [2.24, 2.45) is 0 Å². The van der Waals surface area contributed by atoms with Crippen molar-refractivity contribution in [3.05, 3.63) is 35.4 Å². The molecule has 1 amide bonds. The van der Waals surface area contributed by atoms with Crippen LogP contribution < -0.4 is 14.8 Å². The summed E-state index contributed by atoms with van der Waals surface area (Å²) in [6.45, 7) is 7.15. The number of esters is 1. The molecule has 1 aromatic carbocycles. The van der Waals surface area contributed by atoms with Gasteiger partial charge in [0.05, 0.1) is 12.5 Å². The summed E-state index contributed by atoms with van der Waals surface area (Å²) in [6.07, 6.45) is 6.78. The zero-order valence-electron chi connectivity index (χ0n) is 22.1. The summed E-state index contributed by atoms with van der Waals surface area (Å²) >= 11 is 1.61. The summed E-state index contributed by atoms with van der Waals surface area (Å²) in [5.41, 5.74) is 1.51. The number of methoxy groups -OCH3 is 1. The lowest BCUT2D eigenvalue weighted by molar-refractivity contribution is -0.151. The topological polar surface area (TPSA) is 86.3 Å². The third kappa shape index (κ3) is 5.47. The van der Waals surface area contributed by atoms with Crippen molar-refractivity contribution < 1.29 is 28.5 Å². The first-order valence-electron chi connectivity index (χ1n) is 12.5. The number of carbonyl (C=O) groups is 2. The van der Waals surface area contributed by atoms with Crippen molar-refractivity contribution >= 4 is 23.8 Å². The molecule has 1 N–H and O–H groups in total. The van der Waals surface area contributed by atoms with Gasteiger partial charge < -0.3 is 29.2 Å².